The summed E-state index contributed by atoms with van der Waals surface area (Å²) in [5.41, 5.74) is 0. The second-order valence-corrected chi connectivity index (χ2v) is 3.14. The van der Waals surface area contributed by atoms with E-state index in [9.17, 15) is 0 Å². The SMILES string of the molecule is CCN(CCCO)c1ncns1. The number of aliphatic hydroxyl groups excluding tert-OH is 1. The average Bonchev–Trinajstić information content (AvgIpc) is 2.59. The van der Waals surface area contributed by atoms with E-state index in [1.54, 1.807) is 6.33 Å². The Bertz CT molecular complexity index is 202. The van der Waals surface area contributed by atoms with Gasteiger partial charge in [-0.15, -0.1) is 0 Å². The highest BCUT2D eigenvalue weighted by atomic mass is 32.1. The van der Waals surface area contributed by atoms with Crippen LogP contribution in [0.5, 0.6) is 0 Å². The van der Waals surface area contributed by atoms with Gasteiger partial charge in [-0.1, -0.05) is 0 Å². The molecule has 0 radical (unpaired) electrons. The predicted octanol–water partition coefficient (Wildman–Crippen LogP) is 0.747. The maximum Gasteiger partial charge on any atom is 0.204 e. The van der Waals surface area contributed by atoms with Gasteiger partial charge in [0.25, 0.3) is 0 Å². The van der Waals surface area contributed by atoms with Crippen LogP contribution in [0, 0.1) is 0 Å². The summed E-state index contributed by atoms with van der Waals surface area (Å²) in [7, 11) is 0. The molecule has 1 aromatic heterocycles. The Morgan fingerprint density at radius 1 is 1.67 bits per heavy atom. The van der Waals surface area contributed by atoms with Crippen molar-refractivity contribution >= 4 is 16.7 Å². The first kappa shape index (κ1) is 9.41. The van der Waals surface area contributed by atoms with Gasteiger partial charge in [-0.2, -0.15) is 4.37 Å². The number of anilines is 1. The summed E-state index contributed by atoms with van der Waals surface area (Å²) < 4.78 is 3.93. The Balaban J connectivity index is 2.45. The van der Waals surface area contributed by atoms with Crippen LogP contribution in [0.3, 0.4) is 0 Å². The Labute approximate surface area is 76.0 Å². The molecule has 68 valence electrons. The van der Waals surface area contributed by atoms with Crippen molar-refractivity contribution in [1.29, 1.82) is 0 Å². The topological polar surface area (TPSA) is 49.2 Å². The number of hydrogen-bond donors (Lipinski definition) is 1. The van der Waals surface area contributed by atoms with E-state index in [2.05, 4.69) is 21.2 Å². The van der Waals surface area contributed by atoms with Gasteiger partial charge >= 0.3 is 0 Å². The first-order valence-corrected chi connectivity index (χ1v) is 4.78. The van der Waals surface area contributed by atoms with Crippen LogP contribution in [-0.2, 0) is 0 Å². The van der Waals surface area contributed by atoms with Crippen LogP contribution in [0.15, 0.2) is 6.33 Å². The lowest BCUT2D eigenvalue weighted by atomic mass is 10.4. The van der Waals surface area contributed by atoms with Crippen LogP contribution in [0.1, 0.15) is 13.3 Å². The number of rotatable bonds is 5. The molecule has 1 N–H and O–H groups in total. The second kappa shape index (κ2) is 5.05. The third-order valence-corrected chi connectivity index (χ3v) is 2.31. The lowest BCUT2D eigenvalue weighted by molar-refractivity contribution is 0.289. The minimum atomic E-state index is 0.231. The van der Waals surface area contributed by atoms with Gasteiger partial charge in [0.1, 0.15) is 6.33 Å². The van der Waals surface area contributed by atoms with E-state index < -0.39 is 0 Å². The lowest BCUT2D eigenvalue weighted by Gasteiger charge is -2.17. The largest absolute Gasteiger partial charge is 0.396 e. The predicted molar refractivity (Wildman–Crippen MR) is 49.5 cm³/mol. The lowest BCUT2D eigenvalue weighted by Crippen LogP contribution is -2.24. The zero-order chi connectivity index (χ0) is 8.81. The van der Waals surface area contributed by atoms with E-state index >= 15 is 0 Å². The number of aromatic nitrogens is 2. The molecule has 0 unspecified atom stereocenters. The zero-order valence-corrected chi connectivity index (χ0v) is 7.92. The standard InChI is InChI=1S/C7H13N3OS/c1-2-10(4-3-5-11)7-8-6-9-12-7/h6,11H,2-5H2,1H3. The minimum Gasteiger partial charge on any atom is -0.396 e. The highest BCUT2D eigenvalue weighted by molar-refractivity contribution is 7.09. The maximum absolute atomic E-state index is 8.65. The molecule has 0 saturated heterocycles. The highest BCUT2D eigenvalue weighted by Crippen LogP contribution is 2.13. The van der Waals surface area contributed by atoms with Crippen molar-refractivity contribution in [3.63, 3.8) is 0 Å². The summed E-state index contributed by atoms with van der Waals surface area (Å²) in [5, 5.41) is 9.58. The Morgan fingerprint density at radius 3 is 3.00 bits per heavy atom. The molecule has 0 aliphatic rings. The van der Waals surface area contributed by atoms with Gasteiger partial charge in [0, 0.05) is 31.2 Å². The molecule has 0 atom stereocenters. The molecule has 0 aliphatic heterocycles. The fourth-order valence-corrected chi connectivity index (χ4v) is 1.58. The highest BCUT2D eigenvalue weighted by Gasteiger charge is 2.05. The zero-order valence-electron chi connectivity index (χ0n) is 7.10. The molecule has 0 aromatic carbocycles. The van der Waals surface area contributed by atoms with Crippen molar-refractivity contribution in [3.8, 4) is 0 Å². The Kier molecular flexibility index (Phi) is 3.96. The van der Waals surface area contributed by atoms with Crippen molar-refractivity contribution < 1.29 is 5.11 Å². The summed E-state index contributed by atoms with van der Waals surface area (Å²) in [6.07, 6.45) is 2.34. The van der Waals surface area contributed by atoms with E-state index in [-0.39, 0.29) is 6.61 Å². The Morgan fingerprint density at radius 2 is 2.50 bits per heavy atom. The molecule has 1 heterocycles. The molecular weight excluding hydrogens is 174 g/mol. The van der Waals surface area contributed by atoms with Crippen molar-refractivity contribution in [2.45, 2.75) is 13.3 Å². The third kappa shape index (κ3) is 2.42. The molecule has 0 amide bonds. The van der Waals surface area contributed by atoms with E-state index in [0.29, 0.717) is 0 Å². The van der Waals surface area contributed by atoms with Crippen LogP contribution >= 0.6 is 11.5 Å². The van der Waals surface area contributed by atoms with Gasteiger partial charge in [-0.25, -0.2) is 4.98 Å². The molecule has 5 heteroatoms. The van der Waals surface area contributed by atoms with Gasteiger partial charge < -0.3 is 10.0 Å². The van der Waals surface area contributed by atoms with E-state index in [1.807, 2.05) is 0 Å². The smallest absolute Gasteiger partial charge is 0.204 e. The van der Waals surface area contributed by atoms with Crippen molar-refractivity contribution in [2.24, 2.45) is 0 Å². The summed E-state index contributed by atoms with van der Waals surface area (Å²) in [5.74, 6) is 0. The molecule has 0 saturated carbocycles. The molecule has 0 fully saturated rings. The molecule has 1 rings (SSSR count). The molecular formula is C7H13N3OS. The minimum absolute atomic E-state index is 0.231. The average molecular weight is 187 g/mol. The first-order valence-electron chi connectivity index (χ1n) is 4.01. The molecule has 4 nitrogen and oxygen atoms in total. The summed E-state index contributed by atoms with van der Waals surface area (Å²) in [6, 6.07) is 0. The van der Waals surface area contributed by atoms with Crippen molar-refractivity contribution in [3.05, 3.63) is 6.33 Å². The first-order chi connectivity index (χ1) is 5.88. The van der Waals surface area contributed by atoms with Crippen LogP contribution < -0.4 is 4.90 Å². The van der Waals surface area contributed by atoms with Gasteiger partial charge in [0.2, 0.25) is 5.13 Å². The molecule has 0 aliphatic carbocycles. The van der Waals surface area contributed by atoms with E-state index in [0.717, 1.165) is 24.6 Å². The normalized spacial score (nSPS) is 10.2. The number of aliphatic hydroxyl groups is 1. The van der Waals surface area contributed by atoms with Gasteiger partial charge in [-0.05, 0) is 13.3 Å². The summed E-state index contributed by atoms with van der Waals surface area (Å²) >= 11 is 1.39. The van der Waals surface area contributed by atoms with Crippen LogP contribution in [0.25, 0.3) is 0 Å². The Hall–Kier alpha value is -0.680. The second-order valence-electron chi connectivity index (χ2n) is 2.38. The molecule has 1 aromatic rings. The molecule has 0 bridgehead atoms. The quantitative estimate of drug-likeness (QED) is 0.739. The van der Waals surface area contributed by atoms with E-state index in [4.69, 9.17) is 5.11 Å². The fraction of sp³-hybridized carbons (Fsp3) is 0.714. The monoisotopic (exact) mass is 187 g/mol. The van der Waals surface area contributed by atoms with E-state index in [1.165, 1.54) is 11.5 Å². The van der Waals surface area contributed by atoms with Crippen LogP contribution in [0.2, 0.25) is 0 Å². The maximum atomic E-state index is 8.65. The number of nitrogens with zero attached hydrogens (tertiary/aromatic N) is 3. The third-order valence-electron chi connectivity index (χ3n) is 1.59. The summed E-state index contributed by atoms with van der Waals surface area (Å²) in [4.78, 5) is 6.20. The van der Waals surface area contributed by atoms with Gasteiger partial charge in [-0.3, -0.25) is 0 Å². The van der Waals surface area contributed by atoms with Gasteiger partial charge in [0.15, 0.2) is 0 Å². The van der Waals surface area contributed by atoms with Crippen LogP contribution in [0.4, 0.5) is 5.13 Å². The van der Waals surface area contributed by atoms with Crippen molar-refractivity contribution in [1.82, 2.24) is 9.36 Å². The van der Waals surface area contributed by atoms with Gasteiger partial charge in [0.05, 0.1) is 0 Å². The van der Waals surface area contributed by atoms with Crippen molar-refractivity contribution in [2.75, 3.05) is 24.6 Å². The van der Waals surface area contributed by atoms with Crippen LogP contribution in [-0.4, -0.2) is 34.2 Å². The molecule has 12 heavy (non-hydrogen) atoms. The number of hydrogen-bond acceptors (Lipinski definition) is 5. The fourth-order valence-electron chi connectivity index (χ4n) is 0.957. The molecule has 0 spiro atoms. The summed E-state index contributed by atoms with van der Waals surface area (Å²) in [6.45, 7) is 4.06.